The number of benzene rings is 1. The summed E-state index contributed by atoms with van der Waals surface area (Å²) < 4.78 is 0. The molecule has 1 atom stereocenters. The molecule has 18 heavy (non-hydrogen) atoms. The Bertz CT molecular complexity index is 507. The molecule has 1 heterocycles. The maximum atomic E-state index is 11.9. The van der Waals surface area contributed by atoms with E-state index in [1.165, 1.54) is 0 Å². The van der Waals surface area contributed by atoms with Crippen molar-refractivity contribution in [2.75, 3.05) is 4.90 Å². The predicted octanol–water partition coefficient (Wildman–Crippen LogP) is 3.51. The summed E-state index contributed by atoms with van der Waals surface area (Å²) in [4.78, 5) is 13.8. The van der Waals surface area contributed by atoms with Crippen molar-refractivity contribution < 1.29 is 4.79 Å². The molecule has 1 aliphatic heterocycles. The van der Waals surface area contributed by atoms with Crippen molar-refractivity contribution in [3.63, 3.8) is 0 Å². The van der Waals surface area contributed by atoms with Crippen molar-refractivity contribution in [3.05, 3.63) is 28.8 Å². The van der Waals surface area contributed by atoms with Gasteiger partial charge in [-0.05, 0) is 31.0 Å². The van der Waals surface area contributed by atoms with Gasteiger partial charge in [-0.1, -0.05) is 24.9 Å². The lowest BCUT2D eigenvalue weighted by Crippen LogP contribution is -2.32. The van der Waals surface area contributed by atoms with Gasteiger partial charge in [0.15, 0.2) is 0 Å². The monoisotopic (exact) mass is 262 g/mol. The largest absolute Gasteiger partial charge is 0.309 e. The Morgan fingerprint density at radius 2 is 2.33 bits per heavy atom. The Morgan fingerprint density at radius 3 is 2.94 bits per heavy atom. The van der Waals surface area contributed by atoms with Crippen LogP contribution in [0.2, 0.25) is 5.02 Å². The highest BCUT2D eigenvalue weighted by Gasteiger charge is 2.31. The quantitative estimate of drug-likeness (QED) is 0.837. The smallest absolute Gasteiger partial charge is 0.227 e. The van der Waals surface area contributed by atoms with Gasteiger partial charge in [-0.2, -0.15) is 5.26 Å². The van der Waals surface area contributed by atoms with Crippen molar-refractivity contribution in [2.24, 2.45) is 0 Å². The van der Waals surface area contributed by atoms with Crippen molar-refractivity contribution >= 4 is 23.2 Å². The molecule has 0 unspecified atom stereocenters. The highest BCUT2D eigenvalue weighted by Crippen LogP contribution is 2.31. The van der Waals surface area contributed by atoms with Gasteiger partial charge in [0.1, 0.15) is 6.07 Å². The number of halogens is 1. The molecule has 2 rings (SSSR count). The van der Waals surface area contributed by atoms with Crippen LogP contribution in [0.1, 0.15) is 38.2 Å². The first-order chi connectivity index (χ1) is 8.67. The van der Waals surface area contributed by atoms with Crippen LogP contribution in [0.25, 0.3) is 0 Å². The molecule has 0 spiro atoms. The first-order valence-corrected chi connectivity index (χ1v) is 6.57. The number of amides is 1. The zero-order valence-electron chi connectivity index (χ0n) is 10.3. The first-order valence-electron chi connectivity index (χ1n) is 6.19. The lowest BCUT2D eigenvalue weighted by Gasteiger charge is -2.24. The van der Waals surface area contributed by atoms with E-state index in [2.05, 4.69) is 6.92 Å². The lowest BCUT2D eigenvalue weighted by atomic mass is 10.1. The molecular formula is C14H15ClN2O. The highest BCUT2D eigenvalue weighted by atomic mass is 35.5. The summed E-state index contributed by atoms with van der Waals surface area (Å²) in [5, 5.41) is 9.26. The minimum absolute atomic E-state index is 0.147. The molecule has 3 nitrogen and oxygen atoms in total. The molecule has 4 heteroatoms. The minimum Gasteiger partial charge on any atom is -0.309 e. The fourth-order valence-electron chi connectivity index (χ4n) is 2.45. The SMILES string of the molecule is CCC[C@H]1CCC(=O)N1c1ccc(C#N)c(Cl)c1. The summed E-state index contributed by atoms with van der Waals surface area (Å²) in [5.74, 6) is 0.147. The van der Waals surface area contributed by atoms with E-state index in [0.29, 0.717) is 17.0 Å². The standard InChI is InChI=1S/C14H15ClN2O/c1-2-3-11-6-7-14(18)17(11)12-5-4-10(9-16)13(15)8-12/h4-5,8,11H,2-3,6-7H2,1H3/t11-/m0/s1. The number of hydrogen-bond acceptors (Lipinski definition) is 2. The number of hydrogen-bond donors (Lipinski definition) is 0. The van der Waals surface area contributed by atoms with E-state index < -0.39 is 0 Å². The van der Waals surface area contributed by atoms with Gasteiger partial charge in [0.2, 0.25) is 5.91 Å². The zero-order chi connectivity index (χ0) is 13.1. The van der Waals surface area contributed by atoms with Crippen LogP contribution in [0, 0.1) is 11.3 Å². The van der Waals surface area contributed by atoms with Gasteiger partial charge < -0.3 is 4.90 Å². The summed E-state index contributed by atoms with van der Waals surface area (Å²) in [6.45, 7) is 2.12. The van der Waals surface area contributed by atoms with E-state index in [0.717, 1.165) is 24.9 Å². The van der Waals surface area contributed by atoms with E-state index in [9.17, 15) is 4.79 Å². The number of carbonyl (C=O) groups excluding carboxylic acids is 1. The molecule has 1 amide bonds. The van der Waals surface area contributed by atoms with E-state index in [4.69, 9.17) is 16.9 Å². The molecule has 1 fully saturated rings. The lowest BCUT2D eigenvalue weighted by molar-refractivity contribution is -0.117. The summed E-state index contributed by atoms with van der Waals surface area (Å²) in [6.07, 6.45) is 3.56. The summed E-state index contributed by atoms with van der Waals surface area (Å²) >= 11 is 6.02. The van der Waals surface area contributed by atoms with Crippen LogP contribution in [-0.2, 0) is 4.79 Å². The predicted molar refractivity (Wildman–Crippen MR) is 71.6 cm³/mol. The summed E-state index contributed by atoms with van der Waals surface area (Å²) in [6, 6.07) is 7.48. The van der Waals surface area contributed by atoms with Crippen LogP contribution < -0.4 is 4.90 Å². The highest BCUT2D eigenvalue weighted by molar-refractivity contribution is 6.32. The van der Waals surface area contributed by atoms with E-state index in [-0.39, 0.29) is 11.9 Å². The molecule has 1 aromatic rings. The van der Waals surface area contributed by atoms with Crippen LogP contribution in [0.15, 0.2) is 18.2 Å². The fourth-order valence-corrected chi connectivity index (χ4v) is 2.67. The minimum atomic E-state index is 0.147. The number of anilines is 1. The van der Waals surface area contributed by atoms with E-state index >= 15 is 0 Å². The average Bonchev–Trinajstić information content (AvgIpc) is 2.71. The van der Waals surface area contributed by atoms with Crippen molar-refractivity contribution in [3.8, 4) is 6.07 Å². The van der Waals surface area contributed by atoms with Gasteiger partial charge in [0.05, 0.1) is 10.6 Å². The van der Waals surface area contributed by atoms with Crippen LogP contribution in [0.5, 0.6) is 0 Å². The number of nitrogens with zero attached hydrogens (tertiary/aromatic N) is 2. The summed E-state index contributed by atoms with van der Waals surface area (Å²) in [5.41, 5.74) is 1.25. The third-order valence-electron chi connectivity index (χ3n) is 3.30. The van der Waals surface area contributed by atoms with Gasteiger partial charge in [-0.15, -0.1) is 0 Å². The molecule has 0 aliphatic carbocycles. The average molecular weight is 263 g/mol. The molecule has 0 N–H and O–H groups in total. The fraction of sp³-hybridized carbons (Fsp3) is 0.429. The van der Waals surface area contributed by atoms with Gasteiger partial charge in [0, 0.05) is 18.2 Å². The molecular weight excluding hydrogens is 248 g/mol. The number of rotatable bonds is 3. The van der Waals surface area contributed by atoms with Crippen LogP contribution in [0.4, 0.5) is 5.69 Å². The topological polar surface area (TPSA) is 44.1 Å². The van der Waals surface area contributed by atoms with E-state index in [1.807, 2.05) is 11.0 Å². The molecule has 0 bridgehead atoms. The van der Waals surface area contributed by atoms with Crippen LogP contribution >= 0.6 is 11.6 Å². The second kappa shape index (κ2) is 5.41. The molecule has 1 saturated heterocycles. The first kappa shape index (κ1) is 12.9. The van der Waals surface area contributed by atoms with Gasteiger partial charge in [0.25, 0.3) is 0 Å². The molecule has 94 valence electrons. The Kier molecular flexibility index (Phi) is 3.88. The van der Waals surface area contributed by atoms with Crippen LogP contribution in [-0.4, -0.2) is 11.9 Å². The molecule has 1 aliphatic rings. The normalized spacial score (nSPS) is 19.1. The van der Waals surface area contributed by atoms with Gasteiger partial charge in [-0.3, -0.25) is 4.79 Å². The van der Waals surface area contributed by atoms with Crippen molar-refractivity contribution in [2.45, 2.75) is 38.6 Å². The summed E-state index contributed by atoms with van der Waals surface area (Å²) in [7, 11) is 0. The third-order valence-corrected chi connectivity index (χ3v) is 3.61. The third kappa shape index (κ3) is 2.34. The Morgan fingerprint density at radius 1 is 1.56 bits per heavy atom. The Labute approximate surface area is 112 Å². The number of nitriles is 1. The second-order valence-corrected chi connectivity index (χ2v) is 4.93. The van der Waals surface area contributed by atoms with Crippen molar-refractivity contribution in [1.29, 1.82) is 5.26 Å². The van der Waals surface area contributed by atoms with Gasteiger partial charge >= 0.3 is 0 Å². The molecule has 1 aromatic carbocycles. The van der Waals surface area contributed by atoms with E-state index in [1.54, 1.807) is 18.2 Å². The maximum Gasteiger partial charge on any atom is 0.227 e. The van der Waals surface area contributed by atoms with Gasteiger partial charge in [-0.25, -0.2) is 0 Å². The Balaban J connectivity index is 2.32. The van der Waals surface area contributed by atoms with Crippen LogP contribution in [0.3, 0.4) is 0 Å². The zero-order valence-corrected chi connectivity index (χ0v) is 11.1. The number of carbonyl (C=O) groups is 1. The molecule has 0 saturated carbocycles. The Hall–Kier alpha value is -1.53. The maximum absolute atomic E-state index is 11.9. The van der Waals surface area contributed by atoms with Crippen molar-refractivity contribution in [1.82, 2.24) is 0 Å². The molecule has 0 radical (unpaired) electrons. The second-order valence-electron chi connectivity index (χ2n) is 4.52. The molecule has 0 aromatic heterocycles.